The molecule has 8 heteroatoms. The van der Waals surface area contributed by atoms with Crippen LogP contribution in [0.3, 0.4) is 0 Å². The second-order valence-corrected chi connectivity index (χ2v) is 8.84. The van der Waals surface area contributed by atoms with Crippen molar-refractivity contribution in [2.75, 3.05) is 31.8 Å². The van der Waals surface area contributed by atoms with Gasteiger partial charge in [0.05, 0.1) is 41.6 Å². The topological polar surface area (TPSA) is 82.0 Å². The van der Waals surface area contributed by atoms with E-state index in [0.29, 0.717) is 0 Å². The maximum Gasteiger partial charge on any atom is 0.293 e. The van der Waals surface area contributed by atoms with Crippen LogP contribution in [0.25, 0.3) is 0 Å². The number of sulfonamides is 1. The van der Waals surface area contributed by atoms with Gasteiger partial charge in [-0.25, -0.2) is 4.21 Å². The number of benzene rings is 1. The van der Waals surface area contributed by atoms with Crippen molar-refractivity contribution in [2.24, 2.45) is 3.77 Å². The van der Waals surface area contributed by atoms with Crippen LogP contribution in [0.2, 0.25) is 0 Å². The molecule has 1 aromatic rings. The van der Waals surface area contributed by atoms with E-state index in [4.69, 9.17) is 9.47 Å². The van der Waals surface area contributed by atoms with Crippen LogP contribution in [0.5, 0.6) is 5.75 Å². The number of aryl methyl sites for hydroxylation is 1. The molecule has 0 atom stereocenters. The summed E-state index contributed by atoms with van der Waals surface area (Å²) in [4.78, 5) is -0.0470. The van der Waals surface area contributed by atoms with Crippen molar-refractivity contribution < 1.29 is 22.1 Å². The zero-order chi connectivity index (χ0) is 14.8. The Labute approximate surface area is 119 Å². The molecule has 0 radical (unpaired) electrons. The number of methoxy groups -OCH3 is 1. The van der Waals surface area contributed by atoms with E-state index in [2.05, 4.69) is 3.77 Å². The molecule has 0 spiro atoms. The minimum Gasteiger partial charge on any atom is -0.495 e. The first-order valence-electron chi connectivity index (χ1n) is 6.07. The van der Waals surface area contributed by atoms with Gasteiger partial charge in [-0.05, 0) is 24.6 Å². The second kappa shape index (κ2) is 5.71. The number of hydrogen-bond donors (Lipinski definition) is 0. The first kappa shape index (κ1) is 15.3. The van der Waals surface area contributed by atoms with E-state index in [1.807, 2.05) is 0 Å². The van der Waals surface area contributed by atoms with Crippen LogP contribution in [0.1, 0.15) is 5.56 Å². The first-order valence-corrected chi connectivity index (χ1v) is 9.37. The molecule has 20 heavy (non-hydrogen) atoms. The van der Waals surface area contributed by atoms with Crippen LogP contribution < -0.4 is 4.74 Å². The Morgan fingerprint density at radius 1 is 1.30 bits per heavy atom. The quantitative estimate of drug-likeness (QED) is 0.836. The second-order valence-electron chi connectivity index (χ2n) is 4.50. The predicted octanol–water partition coefficient (Wildman–Crippen LogP) is 1.19. The van der Waals surface area contributed by atoms with Crippen molar-refractivity contribution in [3.05, 3.63) is 23.8 Å². The Kier molecular flexibility index (Phi) is 4.36. The van der Waals surface area contributed by atoms with Crippen molar-refractivity contribution in [1.82, 2.24) is 0 Å². The fourth-order valence-corrected chi connectivity index (χ4v) is 5.91. The summed E-state index contributed by atoms with van der Waals surface area (Å²) < 4.78 is 51.0. The van der Waals surface area contributed by atoms with E-state index >= 15 is 0 Å². The molecule has 0 aromatic heterocycles. The Bertz CT molecular complexity index is 705. The summed E-state index contributed by atoms with van der Waals surface area (Å²) in [5.74, 6) is 0.482. The van der Waals surface area contributed by atoms with Gasteiger partial charge in [-0.15, -0.1) is 3.77 Å². The lowest BCUT2D eigenvalue weighted by atomic mass is 10.2. The summed E-state index contributed by atoms with van der Waals surface area (Å²) >= 11 is 0. The lowest BCUT2D eigenvalue weighted by Gasteiger charge is -2.16. The molecule has 1 heterocycles. The van der Waals surface area contributed by atoms with Crippen molar-refractivity contribution >= 4 is 19.8 Å². The Balaban J connectivity index is 2.53. The highest BCUT2D eigenvalue weighted by atomic mass is 32.3. The van der Waals surface area contributed by atoms with Gasteiger partial charge in [0.15, 0.2) is 0 Å². The Morgan fingerprint density at radius 2 is 1.95 bits per heavy atom. The summed E-state index contributed by atoms with van der Waals surface area (Å²) in [5, 5.41) is 0. The molecule has 6 nitrogen and oxygen atoms in total. The average Bonchev–Trinajstić information content (AvgIpc) is 2.38. The van der Waals surface area contributed by atoms with E-state index in [1.54, 1.807) is 19.1 Å². The third-order valence-corrected chi connectivity index (χ3v) is 7.28. The molecule has 0 aliphatic carbocycles. The van der Waals surface area contributed by atoms with Gasteiger partial charge in [0, 0.05) is 0 Å². The van der Waals surface area contributed by atoms with Crippen molar-refractivity contribution in [3.8, 4) is 5.75 Å². The standard InChI is InChI=1S/C12H17NO5S2/c1-10-3-4-11(17-2)12(9-10)20(15,16)13-19(14)7-5-18-6-8-19/h3-4,9H,5-8H2,1-2H3. The normalized spacial score (nSPS) is 18.5. The van der Waals surface area contributed by atoms with Crippen LogP contribution in [0, 0.1) is 6.92 Å². The SMILES string of the molecule is COc1ccc(C)cc1S(=O)(=O)N=S1(=O)CCOCC1. The van der Waals surface area contributed by atoms with Crippen LogP contribution in [0.4, 0.5) is 0 Å². The summed E-state index contributed by atoms with van der Waals surface area (Å²) in [6, 6.07) is 4.78. The predicted molar refractivity (Wildman–Crippen MR) is 76.0 cm³/mol. The molecule has 1 saturated heterocycles. The van der Waals surface area contributed by atoms with Crippen LogP contribution in [-0.4, -0.2) is 44.5 Å². The molecular formula is C12H17NO5S2. The molecule has 1 fully saturated rings. The summed E-state index contributed by atoms with van der Waals surface area (Å²) in [5.41, 5.74) is 0.765. The van der Waals surface area contributed by atoms with E-state index in [-0.39, 0.29) is 35.4 Å². The summed E-state index contributed by atoms with van der Waals surface area (Å²) in [6.07, 6.45) is 0. The lowest BCUT2D eigenvalue weighted by Crippen LogP contribution is -2.26. The Hall–Kier alpha value is -1.12. The van der Waals surface area contributed by atoms with Gasteiger partial charge in [-0.2, -0.15) is 8.42 Å². The van der Waals surface area contributed by atoms with Crippen LogP contribution >= 0.6 is 0 Å². The zero-order valence-electron chi connectivity index (χ0n) is 11.4. The molecule has 1 aromatic carbocycles. The molecule has 0 bridgehead atoms. The van der Waals surface area contributed by atoms with Crippen LogP contribution in [0.15, 0.2) is 26.9 Å². The molecule has 1 aliphatic rings. The molecule has 0 N–H and O–H groups in total. The number of rotatable bonds is 3. The van der Waals surface area contributed by atoms with Gasteiger partial charge in [0.2, 0.25) is 0 Å². The molecule has 0 unspecified atom stereocenters. The van der Waals surface area contributed by atoms with Gasteiger partial charge in [-0.1, -0.05) is 6.07 Å². The third-order valence-electron chi connectivity index (χ3n) is 2.92. The lowest BCUT2D eigenvalue weighted by molar-refractivity contribution is 0.158. The molecule has 2 rings (SSSR count). The van der Waals surface area contributed by atoms with E-state index in [0.717, 1.165) is 5.56 Å². The fraction of sp³-hybridized carbons (Fsp3) is 0.500. The number of nitrogens with zero attached hydrogens (tertiary/aromatic N) is 1. The summed E-state index contributed by atoms with van der Waals surface area (Å²) in [7, 11) is -5.41. The maximum atomic E-state index is 12.4. The third kappa shape index (κ3) is 3.31. The first-order chi connectivity index (χ1) is 9.36. The largest absolute Gasteiger partial charge is 0.495 e. The number of ether oxygens (including phenoxy) is 2. The molecule has 112 valence electrons. The van der Waals surface area contributed by atoms with E-state index in [1.165, 1.54) is 13.2 Å². The maximum absolute atomic E-state index is 12.4. The highest BCUT2D eigenvalue weighted by molar-refractivity contribution is 8.03. The number of hydrogen-bond acceptors (Lipinski definition) is 5. The van der Waals surface area contributed by atoms with Crippen molar-refractivity contribution in [1.29, 1.82) is 0 Å². The van der Waals surface area contributed by atoms with Crippen molar-refractivity contribution in [3.63, 3.8) is 0 Å². The van der Waals surface area contributed by atoms with Crippen LogP contribution in [-0.2, 0) is 24.5 Å². The highest BCUT2D eigenvalue weighted by Gasteiger charge is 2.24. The van der Waals surface area contributed by atoms with Crippen molar-refractivity contribution in [2.45, 2.75) is 11.8 Å². The zero-order valence-corrected chi connectivity index (χ0v) is 13.0. The van der Waals surface area contributed by atoms with Gasteiger partial charge < -0.3 is 9.47 Å². The Morgan fingerprint density at radius 3 is 2.55 bits per heavy atom. The van der Waals surface area contributed by atoms with Gasteiger partial charge in [0.1, 0.15) is 10.6 Å². The van der Waals surface area contributed by atoms with E-state index < -0.39 is 19.8 Å². The fourth-order valence-electron chi connectivity index (χ4n) is 1.86. The summed E-state index contributed by atoms with van der Waals surface area (Å²) in [6.45, 7) is 2.30. The minimum absolute atomic E-state index is 0.0470. The average molecular weight is 319 g/mol. The van der Waals surface area contributed by atoms with Gasteiger partial charge in [0.25, 0.3) is 10.0 Å². The molecule has 0 saturated carbocycles. The molecular weight excluding hydrogens is 302 g/mol. The monoisotopic (exact) mass is 319 g/mol. The minimum atomic E-state index is -4.01. The van der Waals surface area contributed by atoms with E-state index in [9.17, 15) is 12.6 Å². The molecule has 0 amide bonds. The van der Waals surface area contributed by atoms with Gasteiger partial charge in [-0.3, -0.25) is 0 Å². The molecule has 1 aliphatic heterocycles. The smallest absolute Gasteiger partial charge is 0.293 e. The van der Waals surface area contributed by atoms with Gasteiger partial charge >= 0.3 is 0 Å². The highest BCUT2D eigenvalue weighted by Crippen LogP contribution is 2.27.